The molecule has 3 aromatic rings. The van der Waals surface area contributed by atoms with E-state index in [4.69, 9.17) is 0 Å². The molecule has 0 bridgehead atoms. The Morgan fingerprint density at radius 3 is 2.59 bits per heavy atom. The van der Waals surface area contributed by atoms with Gasteiger partial charge in [0, 0.05) is 35.2 Å². The first-order valence-electron chi connectivity index (χ1n) is 8.66. The average Bonchev–Trinajstić information content (AvgIpc) is 3.39. The highest BCUT2D eigenvalue weighted by atomic mass is 32.2. The molecule has 1 fully saturated rings. The summed E-state index contributed by atoms with van der Waals surface area (Å²) in [7, 11) is 0. The third-order valence-electron chi connectivity index (χ3n) is 3.90. The van der Waals surface area contributed by atoms with Gasteiger partial charge in [0.1, 0.15) is 5.82 Å². The smallest absolute Gasteiger partial charge is 0.232 e. The molecule has 1 aliphatic carbocycles. The van der Waals surface area contributed by atoms with Gasteiger partial charge in [0.2, 0.25) is 11.9 Å². The molecule has 0 saturated heterocycles. The molecule has 1 aliphatic rings. The SMILES string of the molecule is CC(=O)Nc1ccc(Sc2nc(Nc3cc(C)[nH]n3)nc(C3CC3)n2)cc1. The maximum absolute atomic E-state index is 11.1. The number of H-pyrrole nitrogens is 1. The van der Waals surface area contributed by atoms with Crippen LogP contribution >= 0.6 is 11.8 Å². The molecule has 27 heavy (non-hydrogen) atoms. The minimum Gasteiger partial charge on any atom is -0.326 e. The van der Waals surface area contributed by atoms with Crippen molar-refractivity contribution < 1.29 is 4.79 Å². The topological polar surface area (TPSA) is 108 Å². The Balaban J connectivity index is 1.55. The van der Waals surface area contributed by atoms with E-state index >= 15 is 0 Å². The Labute approximate surface area is 160 Å². The molecule has 0 atom stereocenters. The number of hydrogen-bond acceptors (Lipinski definition) is 7. The Morgan fingerprint density at radius 2 is 1.96 bits per heavy atom. The quantitative estimate of drug-likeness (QED) is 0.598. The minimum absolute atomic E-state index is 0.0914. The fraction of sp³-hybridized carbons (Fsp3) is 0.278. The second-order valence-electron chi connectivity index (χ2n) is 6.44. The number of aryl methyl sites for hydroxylation is 1. The zero-order valence-electron chi connectivity index (χ0n) is 15.0. The first kappa shape index (κ1) is 17.5. The van der Waals surface area contributed by atoms with Gasteiger partial charge < -0.3 is 10.6 Å². The van der Waals surface area contributed by atoms with Gasteiger partial charge in [-0.2, -0.15) is 15.1 Å². The number of hydrogen-bond donors (Lipinski definition) is 3. The predicted octanol–water partition coefficient (Wildman–Crippen LogP) is 3.63. The number of carbonyl (C=O) groups excluding carboxylic acids is 1. The molecule has 1 aromatic carbocycles. The van der Waals surface area contributed by atoms with Gasteiger partial charge in [0.25, 0.3) is 0 Å². The van der Waals surface area contributed by atoms with Crippen LogP contribution < -0.4 is 10.6 Å². The fourth-order valence-corrected chi connectivity index (χ4v) is 3.26. The van der Waals surface area contributed by atoms with Crippen molar-refractivity contribution in [2.75, 3.05) is 10.6 Å². The van der Waals surface area contributed by atoms with E-state index in [9.17, 15) is 4.79 Å². The molecule has 0 radical (unpaired) electrons. The summed E-state index contributed by atoms with van der Waals surface area (Å²) < 4.78 is 0. The van der Waals surface area contributed by atoms with Crippen LogP contribution in [-0.4, -0.2) is 31.1 Å². The van der Waals surface area contributed by atoms with E-state index in [1.807, 2.05) is 37.3 Å². The summed E-state index contributed by atoms with van der Waals surface area (Å²) in [5.74, 6) is 2.31. The van der Waals surface area contributed by atoms with Gasteiger partial charge in [0.05, 0.1) is 0 Å². The summed E-state index contributed by atoms with van der Waals surface area (Å²) in [6.45, 7) is 3.43. The summed E-state index contributed by atoms with van der Waals surface area (Å²) in [6, 6.07) is 9.48. The third-order valence-corrected chi connectivity index (χ3v) is 4.78. The normalized spacial score (nSPS) is 13.4. The van der Waals surface area contributed by atoms with Gasteiger partial charge in [-0.05, 0) is 55.8 Å². The van der Waals surface area contributed by atoms with E-state index in [0.29, 0.717) is 22.8 Å². The van der Waals surface area contributed by atoms with Crippen LogP contribution in [0, 0.1) is 6.92 Å². The highest BCUT2D eigenvalue weighted by molar-refractivity contribution is 7.99. The number of carbonyl (C=O) groups is 1. The molecule has 1 saturated carbocycles. The second-order valence-corrected chi connectivity index (χ2v) is 7.48. The molecule has 2 aromatic heterocycles. The van der Waals surface area contributed by atoms with E-state index < -0.39 is 0 Å². The van der Waals surface area contributed by atoms with Gasteiger partial charge in [-0.1, -0.05) is 0 Å². The first-order chi connectivity index (χ1) is 13.0. The number of nitrogens with zero attached hydrogens (tertiary/aromatic N) is 4. The van der Waals surface area contributed by atoms with E-state index in [2.05, 4.69) is 35.8 Å². The molecule has 138 valence electrons. The van der Waals surface area contributed by atoms with Crippen LogP contribution in [0.4, 0.5) is 17.5 Å². The molecular weight excluding hydrogens is 362 g/mol. The summed E-state index contributed by atoms with van der Waals surface area (Å²) in [5.41, 5.74) is 1.72. The van der Waals surface area contributed by atoms with Crippen LogP contribution in [0.25, 0.3) is 0 Å². The molecule has 1 amide bonds. The van der Waals surface area contributed by atoms with Crippen LogP contribution in [0.15, 0.2) is 40.4 Å². The number of anilines is 3. The molecule has 4 rings (SSSR count). The van der Waals surface area contributed by atoms with E-state index in [1.54, 1.807) is 0 Å². The Morgan fingerprint density at radius 1 is 1.19 bits per heavy atom. The number of aromatic nitrogens is 5. The van der Waals surface area contributed by atoms with Crippen molar-refractivity contribution in [3.8, 4) is 0 Å². The summed E-state index contributed by atoms with van der Waals surface area (Å²) in [4.78, 5) is 25.8. The predicted molar refractivity (Wildman–Crippen MR) is 103 cm³/mol. The Kier molecular flexibility index (Phi) is 4.76. The van der Waals surface area contributed by atoms with Crippen molar-refractivity contribution >= 4 is 35.1 Å². The lowest BCUT2D eigenvalue weighted by Crippen LogP contribution is -2.05. The van der Waals surface area contributed by atoms with Gasteiger partial charge in [-0.25, -0.2) is 4.98 Å². The Bertz CT molecular complexity index is 966. The lowest BCUT2D eigenvalue weighted by atomic mass is 10.3. The molecule has 8 nitrogen and oxygen atoms in total. The van der Waals surface area contributed by atoms with Crippen LogP contribution in [0.5, 0.6) is 0 Å². The molecule has 3 N–H and O–H groups in total. The third kappa shape index (κ3) is 4.62. The van der Waals surface area contributed by atoms with E-state index in [1.165, 1.54) is 18.7 Å². The largest absolute Gasteiger partial charge is 0.326 e. The molecule has 2 heterocycles. The lowest BCUT2D eigenvalue weighted by molar-refractivity contribution is -0.114. The Hall–Kier alpha value is -2.94. The molecule has 0 unspecified atom stereocenters. The lowest BCUT2D eigenvalue weighted by Gasteiger charge is -2.07. The fourth-order valence-electron chi connectivity index (χ4n) is 2.51. The second kappa shape index (κ2) is 7.36. The summed E-state index contributed by atoms with van der Waals surface area (Å²) >= 11 is 1.46. The zero-order valence-corrected chi connectivity index (χ0v) is 15.8. The maximum atomic E-state index is 11.1. The van der Waals surface area contributed by atoms with Crippen molar-refractivity contribution in [1.82, 2.24) is 25.1 Å². The van der Waals surface area contributed by atoms with Crippen molar-refractivity contribution in [2.45, 2.75) is 42.7 Å². The number of aromatic amines is 1. The molecule has 9 heteroatoms. The zero-order chi connectivity index (χ0) is 18.8. The van der Waals surface area contributed by atoms with E-state index in [0.717, 1.165) is 34.9 Å². The summed E-state index contributed by atoms with van der Waals surface area (Å²) in [5, 5.41) is 13.6. The highest BCUT2D eigenvalue weighted by Crippen LogP contribution is 2.39. The summed E-state index contributed by atoms with van der Waals surface area (Å²) in [6.07, 6.45) is 2.22. The van der Waals surface area contributed by atoms with Crippen LogP contribution in [0.1, 0.15) is 37.2 Å². The number of nitrogens with one attached hydrogen (secondary N) is 3. The van der Waals surface area contributed by atoms with Crippen LogP contribution in [0.2, 0.25) is 0 Å². The van der Waals surface area contributed by atoms with Crippen LogP contribution in [0.3, 0.4) is 0 Å². The number of amides is 1. The first-order valence-corrected chi connectivity index (χ1v) is 9.47. The minimum atomic E-state index is -0.0914. The number of benzene rings is 1. The average molecular weight is 381 g/mol. The molecular formula is C18H19N7OS. The molecule has 0 aliphatic heterocycles. The van der Waals surface area contributed by atoms with E-state index in [-0.39, 0.29) is 5.91 Å². The standard InChI is InChI=1S/C18H19N7OS/c1-10-9-15(25-24-10)20-17-21-16(12-3-4-12)22-18(23-17)27-14-7-5-13(6-8-14)19-11(2)26/h5-9,12H,3-4H2,1-2H3,(H,19,26)(H2,20,21,22,23,24,25). The van der Waals surface area contributed by atoms with Gasteiger partial charge in [-0.15, -0.1) is 0 Å². The maximum Gasteiger partial charge on any atom is 0.232 e. The van der Waals surface area contributed by atoms with Gasteiger partial charge in [-0.3, -0.25) is 9.89 Å². The van der Waals surface area contributed by atoms with Crippen LogP contribution in [-0.2, 0) is 4.79 Å². The van der Waals surface area contributed by atoms with Gasteiger partial charge >= 0.3 is 0 Å². The highest BCUT2D eigenvalue weighted by Gasteiger charge is 2.28. The molecule has 0 spiro atoms. The van der Waals surface area contributed by atoms with Crippen molar-refractivity contribution in [3.05, 3.63) is 41.9 Å². The monoisotopic (exact) mass is 381 g/mol. The van der Waals surface area contributed by atoms with Crippen molar-refractivity contribution in [3.63, 3.8) is 0 Å². The van der Waals surface area contributed by atoms with Crippen molar-refractivity contribution in [1.29, 1.82) is 0 Å². The number of rotatable bonds is 6. The van der Waals surface area contributed by atoms with Gasteiger partial charge in [0.15, 0.2) is 11.0 Å². The van der Waals surface area contributed by atoms with Crippen molar-refractivity contribution in [2.24, 2.45) is 0 Å².